The van der Waals surface area contributed by atoms with Gasteiger partial charge < -0.3 is 14.0 Å². The van der Waals surface area contributed by atoms with Crippen molar-refractivity contribution in [3.63, 3.8) is 0 Å². The summed E-state index contributed by atoms with van der Waals surface area (Å²) in [5.74, 6) is 0. The number of benzene rings is 1. The summed E-state index contributed by atoms with van der Waals surface area (Å²) < 4.78 is 20.0. The summed E-state index contributed by atoms with van der Waals surface area (Å²) in [5, 5.41) is 4.61. The Morgan fingerprint density at radius 3 is 2.17 bits per heavy atom. The number of nitrogens with zero attached hydrogens (tertiary/aromatic N) is 2. The topological polar surface area (TPSA) is 45.5 Å². The molecule has 3 rings (SSSR count). The summed E-state index contributed by atoms with van der Waals surface area (Å²) in [7, 11) is -1.40. The summed E-state index contributed by atoms with van der Waals surface area (Å²) >= 11 is 0. The van der Waals surface area contributed by atoms with Crippen LogP contribution < -0.4 is 5.46 Å². The molecule has 0 spiro atoms. The second-order valence-electron chi connectivity index (χ2n) is 10.2. The maximum absolute atomic E-state index is 6.15. The zero-order chi connectivity index (χ0) is 21.4. The van der Waals surface area contributed by atoms with Crippen LogP contribution in [-0.2, 0) is 20.8 Å². The third-order valence-electron chi connectivity index (χ3n) is 5.91. The van der Waals surface area contributed by atoms with Gasteiger partial charge in [0.05, 0.1) is 16.9 Å². The number of aryl methyl sites for hydroxylation is 1. The second-order valence-corrected chi connectivity index (χ2v) is 15.8. The first-order valence-corrected chi connectivity index (χ1v) is 14.2. The first kappa shape index (κ1) is 22.3. The van der Waals surface area contributed by atoms with E-state index in [4.69, 9.17) is 14.0 Å². The van der Waals surface area contributed by atoms with Crippen LogP contribution >= 0.6 is 0 Å². The lowest BCUT2D eigenvalue weighted by Crippen LogP contribution is -2.41. The summed E-state index contributed by atoms with van der Waals surface area (Å²) in [6.07, 6.45) is 2.06. The van der Waals surface area contributed by atoms with E-state index in [0.29, 0.717) is 6.73 Å². The Morgan fingerprint density at radius 1 is 1.03 bits per heavy atom. The van der Waals surface area contributed by atoms with Gasteiger partial charge in [-0.25, -0.2) is 4.68 Å². The molecule has 0 radical (unpaired) electrons. The van der Waals surface area contributed by atoms with E-state index < -0.39 is 8.07 Å². The molecule has 2 heterocycles. The van der Waals surface area contributed by atoms with Crippen molar-refractivity contribution in [2.24, 2.45) is 0 Å². The van der Waals surface area contributed by atoms with Crippen LogP contribution in [0.15, 0.2) is 30.5 Å². The van der Waals surface area contributed by atoms with Gasteiger partial charge >= 0.3 is 7.12 Å². The molecule has 1 aromatic carbocycles. The number of hydrogen-bond donors (Lipinski definition) is 0. The van der Waals surface area contributed by atoms with Gasteiger partial charge in [0.1, 0.15) is 6.73 Å². The third-order valence-corrected chi connectivity index (χ3v) is 7.62. The lowest BCUT2D eigenvalue weighted by Gasteiger charge is -2.32. The summed E-state index contributed by atoms with van der Waals surface area (Å²) in [4.78, 5) is 0. The minimum absolute atomic E-state index is 0.330. The highest BCUT2D eigenvalue weighted by Gasteiger charge is 2.51. The molecule has 0 bridgehead atoms. The van der Waals surface area contributed by atoms with Crippen molar-refractivity contribution in [2.75, 3.05) is 6.61 Å². The average Bonchev–Trinajstić information content (AvgIpc) is 3.07. The Bertz CT molecular complexity index is 825. The fourth-order valence-electron chi connectivity index (χ4n) is 3.20. The van der Waals surface area contributed by atoms with Crippen LogP contribution in [0.2, 0.25) is 25.7 Å². The van der Waals surface area contributed by atoms with Crippen molar-refractivity contribution >= 4 is 20.7 Å². The Hall–Kier alpha value is -1.41. The molecule has 158 valence electrons. The van der Waals surface area contributed by atoms with E-state index >= 15 is 0 Å². The fraction of sp³-hybridized carbons (Fsp3) is 0.591. The van der Waals surface area contributed by atoms with E-state index in [1.165, 1.54) is 6.04 Å². The molecule has 29 heavy (non-hydrogen) atoms. The first-order valence-electron chi connectivity index (χ1n) is 10.5. The van der Waals surface area contributed by atoms with Gasteiger partial charge in [0.15, 0.2) is 0 Å². The maximum Gasteiger partial charge on any atom is 0.494 e. The van der Waals surface area contributed by atoms with E-state index in [9.17, 15) is 0 Å². The van der Waals surface area contributed by atoms with Gasteiger partial charge in [-0.1, -0.05) is 43.9 Å². The molecule has 0 saturated carbocycles. The number of rotatable bonds is 7. The summed E-state index contributed by atoms with van der Waals surface area (Å²) in [6.45, 7) is 18.7. The van der Waals surface area contributed by atoms with Gasteiger partial charge in [0, 0.05) is 26.4 Å². The van der Waals surface area contributed by atoms with Crippen molar-refractivity contribution in [1.29, 1.82) is 0 Å². The summed E-state index contributed by atoms with van der Waals surface area (Å²) in [6, 6.07) is 9.56. The van der Waals surface area contributed by atoms with E-state index in [1.807, 2.05) is 11.6 Å². The highest BCUT2D eigenvalue weighted by Crippen LogP contribution is 2.36. The van der Waals surface area contributed by atoms with Gasteiger partial charge in [-0.3, -0.25) is 0 Å². The van der Waals surface area contributed by atoms with Crippen molar-refractivity contribution in [3.8, 4) is 11.1 Å². The molecule has 7 heteroatoms. The van der Waals surface area contributed by atoms with Crippen molar-refractivity contribution in [2.45, 2.75) is 78.2 Å². The van der Waals surface area contributed by atoms with Gasteiger partial charge in [-0.05, 0) is 51.7 Å². The SMILES string of the molecule is Cc1nn(COCC[Si](C)(C)C)cc1-c1ccc(B2OC(C)(C)C(C)(C)O2)cc1. The molecule has 0 aliphatic carbocycles. The smallest absolute Gasteiger partial charge is 0.399 e. The molecule has 1 fully saturated rings. The Labute approximate surface area is 176 Å². The van der Waals surface area contributed by atoms with E-state index in [2.05, 4.69) is 82.9 Å². The Balaban J connectivity index is 1.65. The molecule has 0 N–H and O–H groups in total. The molecule has 0 amide bonds. The van der Waals surface area contributed by atoms with Crippen LogP contribution in [-0.4, -0.2) is 42.8 Å². The predicted molar refractivity (Wildman–Crippen MR) is 122 cm³/mol. The second kappa shape index (κ2) is 8.02. The lowest BCUT2D eigenvalue weighted by molar-refractivity contribution is 0.00578. The van der Waals surface area contributed by atoms with Gasteiger partial charge in [-0.2, -0.15) is 5.10 Å². The van der Waals surface area contributed by atoms with E-state index in [0.717, 1.165) is 28.9 Å². The molecule has 0 atom stereocenters. The monoisotopic (exact) mass is 414 g/mol. The molecule has 2 aromatic rings. The minimum Gasteiger partial charge on any atom is -0.399 e. The van der Waals surface area contributed by atoms with Crippen molar-refractivity contribution in [1.82, 2.24) is 9.78 Å². The Kier molecular flexibility index (Phi) is 6.16. The molecule has 1 aliphatic heterocycles. The Morgan fingerprint density at radius 2 is 1.62 bits per heavy atom. The molecular weight excluding hydrogens is 379 g/mol. The van der Waals surface area contributed by atoms with Gasteiger partial charge in [-0.15, -0.1) is 0 Å². The lowest BCUT2D eigenvalue weighted by atomic mass is 9.78. The summed E-state index contributed by atoms with van der Waals surface area (Å²) in [5.41, 5.74) is 3.64. The highest BCUT2D eigenvalue weighted by atomic mass is 28.3. The standard InChI is InChI=1S/C22H35BN2O3Si/c1-17-20(15-25(24-17)16-26-13-14-29(6,7)8)18-9-11-19(12-10-18)23-27-21(2,3)22(4,5)28-23/h9-12,15H,13-14,16H2,1-8H3. The normalized spacial score (nSPS) is 18.4. The molecule has 1 aromatic heterocycles. The molecule has 5 nitrogen and oxygen atoms in total. The molecule has 0 unspecified atom stereocenters. The van der Waals surface area contributed by atoms with Crippen molar-refractivity contribution in [3.05, 3.63) is 36.2 Å². The first-order chi connectivity index (χ1) is 13.4. The van der Waals surface area contributed by atoms with Crippen LogP contribution in [0.4, 0.5) is 0 Å². The van der Waals surface area contributed by atoms with Crippen LogP contribution in [0.25, 0.3) is 11.1 Å². The maximum atomic E-state index is 6.15. The zero-order valence-electron chi connectivity index (χ0n) is 19.2. The fourth-order valence-corrected chi connectivity index (χ4v) is 3.96. The van der Waals surface area contributed by atoms with Gasteiger partial charge in [0.2, 0.25) is 0 Å². The number of aromatic nitrogens is 2. The predicted octanol–water partition coefficient (Wildman–Crippen LogP) is 4.47. The van der Waals surface area contributed by atoms with Crippen LogP contribution in [0, 0.1) is 6.92 Å². The number of hydrogen-bond acceptors (Lipinski definition) is 4. The highest BCUT2D eigenvalue weighted by molar-refractivity contribution is 6.76. The quantitative estimate of drug-likeness (QED) is 0.495. The average molecular weight is 414 g/mol. The van der Waals surface area contributed by atoms with Gasteiger partial charge in [0.25, 0.3) is 0 Å². The van der Waals surface area contributed by atoms with Crippen molar-refractivity contribution < 1.29 is 14.0 Å². The third kappa shape index (κ3) is 5.20. The number of ether oxygens (including phenoxy) is 1. The van der Waals surface area contributed by atoms with E-state index in [-0.39, 0.29) is 18.3 Å². The molecular formula is C22H35BN2O3Si. The largest absolute Gasteiger partial charge is 0.494 e. The zero-order valence-corrected chi connectivity index (χ0v) is 20.2. The molecule has 1 aliphatic rings. The van der Waals surface area contributed by atoms with Crippen LogP contribution in [0.5, 0.6) is 0 Å². The molecule has 1 saturated heterocycles. The van der Waals surface area contributed by atoms with E-state index in [1.54, 1.807) is 0 Å². The van der Waals surface area contributed by atoms with Crippen LogP contribution in [0.1, 0.15) is 33.4 Å². The minimum atomic E-state index is -1.06. The van der Waals surface area contributed by atoms with Crippen LogP contribution in [0.3, 0.4) is 0 Å².